The molecular formula is C20H23N3O2. The molecule has 0 unspecified atom stereocenters. The van der Waals surface area contributed by atoms with Gasteiger partial charge in [-0.05, 0) is 43.3 Å². The molecule has 1 aliphatic rings. The molecule has 25 heavy (non-hydrogen) atoms. The van der Waals surface area contributed by atoms with E-state index in [2.05, 4.69) is 46.7 Å². The van der Waals surface area contributed by atoms with Crippen molar-refractivity contribution in [2.24, 2.45) is 0 Å². The quantitative estimate of drug-likeness (QED) is 0.733. The Morgan fingerprint density at radius 3 is 2.72 bits per heavy atom. The Kier molecular flexibility index (Phi) is 4.42. The second kappa shape index (κ2) is 6.86. The number of rotatable bonds is 4. The number of nitrogens with zero attached hydrogens (tertiary/aromatic N) is 3. The van der Waals surface area contributed by atoms with Crippen molar-refractivity contribution >= 4 is 11.0 Å². The fourth-order valence-electron chi connectivity index (χ4n) is 3.38. The molecule has 1 atom stereocenters. The number of methoxy groups -OCH3 is 1. The average molecular weight is 337 g/mol. The minimum atomic E-state index is 0.401. The predicted octanol–water partition coefficient (Wildman–Crippen LogP) is 3.25. The van der Waals surface area contributed by atoms with Gasteiger partial charge in [0.15, 0.2) is 0 Å². The van der Waals surface area contributed by atoms with Crippen molar-refractivity contribution in [3.63, 3.8) is 0 Å². The Morgan fingerprint density at radius 2 is 1.96 bits per heavy atom. The van der Waals surface area contributed by atoms with Crippen LogP contribution in [0.25, 0.3) is 16.7 Å². The SMILES string of the molecule is COc1ccc(-n2c(CN3CCOC[C@@H]3C)nc3ccccc32)cc1. The first-order chi connectivity index (χ1) is 12.3. The van der Waals surface area contributed by atoms with Crippen molar-refractivity contribution in [1.29, 1.82) is 0 Å². The Hall–Kier alpha value is -2.37. The topological polar surface area (TPSA) is 39.5 Å². The molecule has 1 aliphatic heterocycles. The zero-order valence-electron chi connectivity index (χ0n) is 14.7. The maximum absolute atomic E-state index is 5.57. The van der Waals surface area contributed by atoms with Crippen molar-refractivity contribution in [3.05, 3.63) is 54.4 Å². The second-order valence-corrected chi connectivity index (χ2v) is 6.44. The Bertz CT molecular complexity index is 857. The molecule has 1 saturated heterocycles. The summed E-state index contributed by atoms with van der Waals surface area (Å²) in [5.41, 5.74) is 3.25. The van der Waals surface area contributed by atoms with Crippen LogP contribution in [-0.4, -0.2) is 47.4 Å². The molecule has 4 rings (SSSR count). The van der Waals surface area contributed by atoms with Crippen LogP contribution in [0.2, 0.25) is 0 Å². The molecule has 0 spiro atoms. The minimum Gasteiger partial charge on any atom is -0.497 e. The maximum atomic E-state index is 5.57. The van der Waals surface area contributed by atoms with E-state index in [0.29, 0.717) is 6.04 Å². The molecule has 0 amide bonds. The average Bonchev–Trinajstić information content (AvgIpc) is 3.01. The molecule has 1 fully saturated rings. The molecule has 5 nitrogen and oxygen atoms in total. The summed E-state index contributed by atoms with van der Waals surface area (Å²) in [5.74, 6) is 1.91. The van der Waals surface area contributed by atoms with Gasteiger partial charge < -0.3 is 9.47 Å². The highest BCUT2D eigenvalue weighted by atomic mass is 16.5. The molecular weight excluding hydrogens is 314 g/mol. The van der Waals surface area contributed by atoms with Gasteiger partial charge in [0.25, 0.3) is 0 Å². The van der Waals surface area contributed by atoms with Gasteiger partial charge in [0.05, 0.1) is 37.9 Å². The van der Waals surface area contributed by atoms with E-state index in [1.165, 1.54) is 0 Å². The van der Waals surface area contributed by atoms with Gasteiger partial charge in [-0.15, -0.1) is 0 Å². The van der Waals surface area contributed by atoms with Crippen molar-refractivity contribution in [3.8, 4) is 11.4 Å². The van der Waals surface area contributed by atoms with E-state index in [9.17, 15) is 0 Å². The van der Waals surface area contributed by atoms with Crippen LogP contribution in [0.3, 0.4) is 0 Å². The van der Waals surface area contributed by atoms with Crippen LogP contribution in [0.5, 0.6) is 5.75 Å². The Labute approximate surface area is 147 Å². The van der Waals surface area contributed by atoms with Gasteiger partial charge in [-0.2, -0.15) is 0 Å². The van der Waals surface area contributed by atoms with Gasteiger partial charge in [0, 0.05) is 18.3 Å². The summed E-state index contributed by atoms with van der Waals surface area (Å²) in [6.07, 6.45) is 0. The van der Waals surface area contributed by atoms with E-state index in [1.807, 2.05) is 18.2 Å². The summed E-state index contributed by atoms with van der Waals surface area (Å²) in [6, 6.07) is 16.8. The fourth-order valence-corrected chi connectivity index (χ4v) is 3.38. The standard InChI is InChI=1S/C20H23N3O2/c1-15-14-25-12-11-22(15)13-20-21-18-5-3-4-6-19(18)23(20)16-7-9-17(24-2)10-8-16/h3-10,15H,11-14H2,1-2H3/t15-/m0/s1. The van der Waals surface area contributed by atoms with Gasteiger partial charge in [0.2, 0.25) is 0 Å². The number of benzene rings is 2. The molecule has 0 saturated carbocycles. The number of morpholine rings is 1. The van der Waals surface area contributed by atoms with Crippen LogP contribution < -0.4 is 4.74 Å². The van der Waals surface area contributed by atoms with E-state index >= 15 is 0 Å². The van der Waals surface area contributed by atoms with E-state index in [4.69, 9.17) is 14.5 Å². The predicted molar refractivity (Wildman–Crippen MR) is 98.3 cm³/mol. The van der Waals surface area contributed by atoms with E-state index in [0.717, 1.165) is 54.6 Å². The van der Waals surface area contributed by atoms with E-state index < -0.39 is 0 Å². The first kappa shape index (κ1) is 16.1. The summed E-state index contributed by atoms with van der Waals surface area (Å²) >= 11 is 0. The minimum absolute atomic E-state index is 0.401. The summed E-state index contributed by atoms with van der Waals surface area (Å²) in [6.45, 7) is 5.52. The molecule has 0 aliphatic carbocycles. The maximum Gasteiger partial charge on any atom is 0.128 e. The second-order valence-electron chi connectivity index (χ2n) is 6.44. The largest absolute Gasteiger partial charge is 0.497 e. The van der Waals surface area contributed by atoms with Crippen LogP contribution in [0.15, 0.2) is 48.5 Å². The summed E-state index contributed by atoms with van der Waals surface area (Å²) in [4.78, 5) is 7.34. The van der Waals surface area contributed by atoms with Crippen molar-refractivity contribution in [1.82, 2.24) is 14.5 Å². The molecule has 1 aromatic heterocycles. The van der Waals surface area contributed by atoms with Gasteiger partial charge in [-0.3, -0.25) is 9.47 Å². The van der Waals surface area contributed by atoms with E-state index in [-0.39, 0.29) is 0 Å². The van der Waals surface area contributed by atoms with Crippen molar-refractivity contribution < 1.29 is 9.47 Å². The van der Waals surface area contributed by atoms with Crippen LogP contribution in [-0.2, 0) is 11.3 Å². The number of ether oxygens (including phenoxy) is 2. The molecule has 2 heterocycles. The molecule has 0 N–H and O–H groups in total. The number of aromatic nitrogens is 2. The lowest BCUT2D eigenvalue weighted by Crippen LogP contribution is -2.43. The summed E-state index contributed by atoms with van der Waals surface area (Å²) in [5, 5.41) is 0. The first-order valence-corrected chi connectivity index (χ1v) is 8.69. The highest BCUT2D eigenvalue weighted by molar-refractivity contribution is 5.78. The van der Waals surface area contributed by atoms with Crippen molar-refractivity contribution in [2.45, 2.75) is 19.5 Å². The third kappa shape index (κ3) is 3.13. The van der Waals surface area contributed by atoms with Crippen LogP contribution in [0.4, 0.5) is 0 Å². The summed E-state index contributed by atoms with van der Waals surface area (Å²) < 4.78 is 13.1. The van der Waals surface area contributed by atoms with E-state index in [1.54, 1.807) is 7.11 Å². The van der Waals surface area contributed by atoms with Gasteiger partial charge in [-0.25, -0.2) is 4.98 Å². The molecule has 0 bridgehead atoms. The Morgan fingerprint density at radius 1 is 1.16 bits per heavy atom. The number of para-hydroxylation sites is 2. The monoisotopic (exact) mass is 337 g/mol. The van der Waals surface area contributed by atoms with Crippen molar-refractivity contribution in [2.75, 3.05) is 26.9 Å². The molecule has 0 radical (unpaired) electrons. The number of fused-ring (bicyclic) bond motifs is 1. The summed E-state index contributed by atoms with van der Waals surface area (Å²) in [7, 11) is 1.69. The number of hydrogen-bond acceptors (Lipinski definition) is 4. The highest BCUT2D eigenvalue weighted by Crippen LogP contribution is 2.25. The van der Waals surface area contributed by atoms with Gasteiger partial charge in [0.1, 0.15) is 11.6 Å². The zero-order chi connectivity index (χ0) is 17.2. The Balaban J connectivity index is 1.77. The van der Waals surface area contributed by atoms with Gasteiger partial charge >= 0.3 is 0 Å². The van der Waals surface area contributed by atoms with Crippen LogP contribution in [0.1, 0.15) is 12.7 Å². The first-order valence-electron chi connectivity index (χ1n) is 8.69. The molecule has 5 heteroatoms. The smallest absolute Gasteiger partial charge is 0.128 e. The molecule has 3 aromatic rings. The lowest BCUT2D eigenvalue weighted by Gasteiger charge is -2.32. The molecule has 2 aromatic carbocycles. The fraction of sp³-hybridized carbons (Fsp3) is 0.350. The van der Waals surface area contributed by atoms with Crippen LogP contribution >= 0.6 is 0 Å². The third-order valence-electron chi connectivity index (χ3n) is 4.81. The lowest BCUT2D eigenvalue weighted by molar-refractivity contribution is -0.00561. The zero-order valence-corrected chi connectivity index (χ0v) is 14.7. The number of hydrogen-bond donors (Lipinski definition) is 0. The highest BCUT2D eigenvalue weighted by Gasteiger charge is 2.22. The third-order valence-corrected chi connectivity index (χ3v) is 4.81. The number of imidazole rings is 1. The van der Waals surface area contributed by atoms with Gasteiger partial charge in [-0.1, -0.05) is 12.1 Å². The van der Waals surface area contributed by atoms with Crippen LogP contribution in [0, 0.1) is 0 Å². The lowest BCUT2D eigenvalue weighted by atomic mass is 10.2. The molecule has 130 valence electrons. The normalized spacial score (nSPS) is 18.6.